The van der Waals surface area contributed by atoms with Gasteiger partial charge >= 0.3 is 0 Å². The summed E-state index contributed by atoms with van der Waals surface area (Å²) in [7, 11) is 1.82. The predicted octanol–water partition coefficient (Wildman–Crippen LogP) is 4.78. The summed E-state index contributed by atoms with van der Waals surface area (Å²) in [4.78, 5) is 0. The number of methoxy groups -OCH3 is 1. The minimum atomic E-state index is -0.587. The molecule has 4 nitrogen and oxygen atoms in total. The molecule has 146 valence electrons. The van der Waals surface area contributed by atoms with Crippen LogP contribution in [0, 0.1) is 5.41 Å². The SMILES string of the molecule is C=C[C@](C)(CCC)[C@@H](O)/C(CC)=N/N1CCC[C@H]1C(CC)(CC)OC. The third-order valence-corrected chi connectivity index (χ3v) is 6.25. The number of hydrazone groups is 1. The van der Waals surface area contributed by atoms with Gasteiger partial charge in [-0.2, -0.15) is 5.10 Å². The number of aliphatic hydroxyl groups excluding tert-OH is 1. The normalized spacial score (nSPS) is 22.8. The van der Waals surface area contributed by atoms with Crippen molar-refractivity contribution >= 4 is 5.71 Å². The third kappa shape index (κ3) is 4.65. The highest BCUT2D eigenvalue weighted by Crippen LogP contribution is 2.36. The van der Waals surface area contributed by atoms with Crippen LogP contribution in [-0.4, -0.2) is 47.2 Å². The molecule has 0 aromatic heterocycles. The summed E-state index contributed by atoms with van der Waals surface area (Å²) < 4.78 is 5.96. The second-order valence-corrected chi connectivity index (χ2v) is 7.60. The topological polar surface area (TPSA) is 45.1 Å². The summed E-state index contributed by atoms with van der Waals surface area (Å²) in [6, 6.07) is 0.280. The average molecular weight is 353 g/mol. The van der Waals surface area contributed by atoms with Crippen LogP contribution in [-0.2, 0) is 4.74 Å². The molecule has 0 saturated carbocycles. The molecule has 1 N–H and O–H groups in total. The molecular formula is C21H40N2O2. The zero-order chi connectivity index (χ0) is 19.1. The molecule has 0 aromatic rings. The monoisotopic (exact) mass is 352 g/mol. The molecule has 0 amide bonds. The van der Waals surface area contributed by atoms with Gasteiger partial charge in [0.25, 0.3) is 0 Å². The zero-order valence-electron chi connectivity index (χ0n) is 17.3. The lowest BCUT2D eigenvalue weighted by atomic mass is 9.77. The number of nitrogens with zero attached hydrogens (tertiary/aromatic N) is 2. The fourth-order valence-electron chi connectivity index (χ4n) is 4.31. The number of hydrogen-bond donors (Lipinski definition) is 1. The van der Waals surface area contributed by atoms with Crippen LogP contribution in [0.3, 0.4) is 0 Å². The van der Waals surface area contributed by atoms with Crippen molar-refractivity contribution in [3.8, 4) is 0 Å². The first-order valence-electron chi connectivity index (χ1n) is 10.1. The molecule has 1 rings (SSSR count). The Morgan fingerprint density at radius 2 is 2.00 bits per heavy atom. The predicted molar refractivity (Wildman–Crippen MR) is 107 cm³/mol. The number of ether oxygens (including phenoxy) is 1. The molecule has 1 saturated heterocycles. The van der Waals surface area contributed by atoms with Gasteiger partial charge in [0.05, 0.1) is 17.4 Å². The molecule has 4 heteroatoms. The van der Waals surface area contributed by atoms with Crippen LogP contribution in [0.4, 0.5) is 0 Å². The van der Waals surface area contributed by atoms with E-state index in [0.29, 0.717) is 0 Å². The van der Waals surface area contributed by atoms with Crippen LogP contribution in [0.5, 0.6) is 0 Å². The van der Waals surface area contributed by atoms with Gasteiger partial charge < -0.3 is 9.84 Å². The minimum Gasteiger partial charge on any atom is -0.386 e. The molecule has 0 radical (unpaired) electrons. The highest BCUT2D eigenvalue weighted by Gasteiger charge is 2.42. The van der Waals surface area contributed by atoms with E-state index in [0.717, 1.165) is 57.2 Å². The third-order valence-electron chi connectivity index (χ3n) is 6.25. The molecule has 0 aliphatic carbocycles. The Morgan fingerprint density at radius 1 is 1.36 bits per heavy atom. The van der Waals surface area contributed by atoms with E-state index < -0.39 is 6.10 Å². The van der Waals surface area contributed by atoms with Gasteiger partial charge in [-0.25, -0.2) is 0 Å². The van der Waals surface area contributed by atoms with E-state index >= 15 is 0 Å². The summed E-state index contributed by atoms with van der Waals surface area (Å²) in [6.07, 6.45) is 8.15. The van der Waals surface area contributed by atoms with Crippen LogP contribution in [0.1, 0.15) is 79.6 Å². The molecule has 1 fully saturated rings. The van der Waals surface area contributed by atoms with E-state index in [-0.39, 0.29) is 17.1 Å². The highest BCUT2D eigenvalue weighted by molar-refractivity contribution is 5.89. The standard InChI is InChI=1S/C21H40N2O2/c1-8-15-20(6,10-3)19(24)17(9-2)22-23-16-13-14-18(23)21(11-4,12-5)25-7/h10,18-19,24H,3,8-9,11-16H2,1-2,4-7H3/b22-17+/t18-,19-,20+/m0/s1. The lowest BCUT2D eigenvalue weighted by Gasteiger charge is -2.41. The van der Waals surface area contributed by atoms with E-state index in [1.807, 2.05) is 13.2 Å². The van der Waals surface area contributed by atoms with Gasteiger partial charge in [-0.05, 0) is 38.5 Å². The van der Waals surface area contributed by atoms with Gasteiger partial charge in [-0.3, -0.25) is 5.01 Å². The van der Waals surface area contributed by atoms with Crippen molar-refractivity contribution in [2.45, 2.75) is 97.3 Å². The van der Waals surface area contributed by atoms with Crippen molar-refractivity contribution < 1.29 is 9.84 Å². The van der Waals surface area contributed by atoms with E-state index in [1.54, 1.807) is 0 Å². The molecule has 1 aliphatic heterocycles. The smallest absolute Gasteiger partial charge is 0.103 e. The fraction of sp³-hybridized carbons (Fsp3) is 0.857. The maximum atomic E-state index is 11.0. The summed E-state index contributed by atoms with van der Waals surface area (Å²) in [5.74, 6) is 0. The Bertz CT molecular complexity index is 437. The van der Waals surface area contributed by atoms with Crippen molar-refractivity contribution in [2.75, 3.05) is 13.7 Å². The Morgan fingerprint density at radius 3 is 2.44 bits per heavy atom. The second-order valence-electron chi connectivity index (χ2n) is 7.60. The van der Waals surface area contributed by atoms with Gasteiger partial charge in [0.15, 0.2) is 0 Å². The van der Waals surface area contributed by atoms with Crippen LogP contribution in [0.15, 0.2) is 17.8 Å². The summed E-state index contributed by atoms with van der Waals surface area (Å²) in [6.45, 7) is 15.6. The zero-order valence-corrected chi connectivity index (χ0v) is 17.3. The first-order chi connectivity index (χ1) is 11.9. The Hall–Kier alpha value is -0.870. The lowest BCUT2D eigenvalue weighted by Crippen LogP contribution is -2.49. The molecular weight excluding hydrogens is 312 g/mol. The molecule has 3 atom stereocenters. The average Bonchev–Trinajstić information content (AvgIpc) is 3.10. The van der Waals surface area contributed by atoms with Crippen LogP contribution in [0.25, 0.3) is 0 Å². The molecule has 25 heavy (non-hydrogen) atoms. The van der Waals surface area contributed by atoms with Crippen molar-refractivity contribution in [2.24, 2.45) is 10.5 Å². The van der Waals surface area contributed by atoms with Gasteiger partial charge in [0.1, 0.15) is 6.10 Å². The van der Waals surface area contributed by atoms with E-state index in [2.05, 4.69) is 46.2 Å². The van der Waals surface area contributed by atoms with Crippen LogP contribution >= 0.6 is 0 Å². The quantitative estimate of drug-likeness (QED) is 0.430. The van der Waals surface area contributed by atoms with Gasteiger partial charge in [-0.15, -0.1) is 6.58 Å². The van der Waals surface area contributed by atoms with E-state index in [4.69, 9.17) is 9.84 Å². The first kappa shape index (κ1) is 22.2. The summed E-state index contributed by atoms with van der Waals surface area (Å²) >= 11 is 0. The number of aliphatic hydroxyl groups is 1. The van der Waals surface area contributed by atoms with Gasteiger partial charge in [-0.1, -0.05) is 47.1 Å². The molecule has 0 aromatic carbocycles. The van der Waals surface area contributed by atoms with Crippen molar-refractivity contribution in [3.63, 3.8) is 0 Å². The number of hydrogen-bond acceptors (Lipinski definition) is 4. The Labute approximate surface area is 155 Å². The first-order valence-corrected chi connectivity index (χ1v) is 10.1. The summed E-state index contributed by atoms with van der Waals surface area (Å²) in [5.41, 5.74) is 0.377. The molecule has 0 unspecified atom stereocenters. The van der Waals surface area contributed by atoms with Crippen LogP contribution < -0.4 is 0 Å². The molecule has 1 aliphatic rings. The van der Waals surface area contributed by atoms with Crippen molar-refractivity contribution in [3.05, 3.63) is 12.7 Å². The largest absolute Gasteiger partial charge is 0.386 e. The highest BCUT2D eigenvalue weighted by atomic mass is 16.5. The lowest BCUT2D eigenvalue weighted by molar-refractivity contribution is -0.0735. The van der Waals surface area contributed by atoms with Crippen molar-refractivity contribution in [1.29, 1.82) is 0 Å². The van der Waals surface area contributed by atoms with Gasteiger partial charge in [0, 0.05) is 19.1 Å². The van der Waals surface area contributed by atoms with E-state index in [9.17, 15) is 5.11 Å². The van der Waals surface area contributed by atoms with E-state index in [1.165, 1.54) is 0 Å². The maximum absolute atomic E-state index is 11.0. The Kier molecular flexibility index (Phi) is 8.62. The van der Waals surface area contributed by atoms with Gasteiger partial charge in [0.2, 0.25) is 0 Å². The van der Waals surface area contributed by atoms with Crippen molar-refractivity contribution in [1.82, 2.24) is 5.01 Å². The fourth-order valence-corrected chi connectivity index (χ4v) is 4.31. The maximum Gasteiger partial charge on any atom is 0.103 e. The second kappa shape index (κ2) is 9.72. The number of rotatable bonds is 11. The molecule has 0 bridgehead atoms. The Balaban J connectivity index is 3.12. The summed E-state index contributed by atoms with van der Waals surface area (Å²) in [5, 5.41) is 18.2. The minimum absolute atomic E-state index is 0.158. The van der Waals surface area contributed by atoms with Crippen LogP contribution in [0.2, 0.25) is 0 Å². The molecule has 0 spiro atoms. The molecule has 1 heterocycles.